The minimum absolute atomic E-state index is 0.207. The van der Waals surface area contributed by atoms with E-state index in [9.17, 15) is 0 Å². The van der Waals surface area contributed by atoms with E-state index >= 15 is 0 Å². The fraction of sp³-hybridized carbons (Fsp3) is 0.778. The fourth-order valence-electron chi connectivity index (χ4n) is 0.806. The number of rotatable bonds is 6. The van der Waals surface area contributed by atoms with Gasteiger partial charge in [0.15, 0.2) is 0 Å². The zero-order chi connectivity index (χ0) is 8.69. The van der Waals surface area contributed by atoms with Crippen molar-refractivity contribution in [3.8, 4) is 0 Å². The molecule has 0 aliphatic carbocycles. The van der Waals surface area contributed by atoms with Crippen LogP contribution in [0, 0.1) is 5.92 Å². The second-order valence-corrected chi connectivity index (χ2v) is 2.96. The molecule has 11 heavy (non-hydrogen) atoms. The third kappa shape index (κ3) is 4.99. The zero-order valence-corrected chi connectivity index (χ0v) is 7.64. The second-order valence-electron chi connectivity index (χ2n) is 2.96. The molecule has 3 N–H and O–H groups in total. The molecule has 0 aromatic rings. The molecule has 0 rings (SSSR count). The molecule has 1 unspecified atom stereocenters. The van der Waals surface area contributed by atoms with E-state index in [-0.39, 0.29) is 6.04 Å². The molecule has 2 atom stereocenters. The molecule has 0 saturated heterocycles. The zero-order valence-electron chi connectivity index (χ0n) is 7.64. The van der Waals surface area contributed by atoms with Crippen LogP contribution >= 0.6 is 0 Å². The molecule has 0 aromatic heterocycles. The first kappa shape index (κ1) is 10.7. The molecular weight excluding hydrogens is 136 g/mol. The number of hydrogen-bond donors (Lipinski definition) is 2. The van der Waals surface area contributed by atoms with Crippen LogP contribution in [-0.2, 0) is 0 Å². The predicted molar refractivity (Wildman–Crippen MR) is 50.5 cm³/mol. The van der Waals surface area contributed by atoms with Gasteiger partial charge in [-0.15, -0.1) is 6.58 Å². The highest BCUT2D eigenvalue weighted by molar-refractivity contribution is 4.84. The van der Waals surface area contributed by atoms with E-state index in [0.29, 0.717) is 5.92 Å². The molecule has 2 nitrogen and oxygen atoms in total. The van der Waals surface area contributed by atoms with Crippen molar-refractivity contribution in [1.82, 2.24) is 5.32 Å². The van der Waals surface area contributed by atoms with E-state index in [1.54, 1.807) is 0 Å². The monoisotopic (exact) mass is 156 g/mol. The smallest absolute Gasteiger partial charge is 0.0226 e. The Balaban J connectivity index is 3.35. The predicted octanol–water partition coefficient (Wildman–Crippen LogP) is 1.14. The van der Waals surface area contributed by atoms with Gasteiger partial charge in [-0.2, -0.15) is 0 Å². The highest BCUT2D eigenvalue weighted by atomic mass is 14.9. The van der Waals surface area contributed by atoms with Gasteiger partial charge in [-0.05, 0) is 18.9 Å². The van der Waals surface area contributed by atoms with Crippen LogP contribution in [0.4, 0.5) is 0 Å². The SMILES string of the molecule is C=CC(C)[C@@H](N)CNCCC. The van der Waals surface area contributed by atoms with Gasteiger partial charge in [0.1, 0.15) is 0 Å². The first-order chi connectivity index (χ1) is 5.22. The normalized spacial score (nSPS) is 15.9. The highest BCUT2D eigenvalue weighted by Crippen LogP contribution is 1.99. The number of nitrogens with two attached hydrogens (primary N) is 1. The average molecular weight is 156 g/mol. The van der Waals surface area contributed by atoms with Crippen LogP contribution in [0.15, 0.2) is 12.7 Å². The van der Waals surface area contributed by atoms with Crippen molar-refractivity contribution in [1.29, 1.82) is 0 Å². The van der Waals surface area contributed by atoms with Gasteiger partial charge in [0.2, 0.25) is 0 Å². The molecule has 0 radical (unpaired) electrons. The highest BCUT2D eigenvalue weighted by Gasteiger charge is 2.06. The molecule has 0 bridgehead atoms. The third-order valence-corrected chi connectivity index (χ3v) is 1.85. The van der Waals surface area contributed by atoms with Crippen LogP contribution in [0.5, 0.6) is 0 Å². The Bertz CT molecular complexity index is 102. The molecular formula is C9H20N2. The third-order valence-electron chi connectivity index (χ3n) is 1.85. The summed E-state index contributed by atoms with van der Waals surface area (Å²) in [5.74, 6) is 0.402. The molecule has 0 aliphatic heterocycles. The van der Waals surface area contributed by atoms with Crippen molar-refractivity contribution in [2.45, 2.75) is 26.3 Å². The number of hydrogen-bond acceptors (Lipinski definition) is 2. The van der Waals surface area contributed by atoms with Crippen molar-refractivity contribution in [2.75, 3.05) is 13.1 Å². The maximum absolute atomic E-state index is 5.83. The van der Waals surface area contributed by atoms with Gasteiger partial charge in [-0.3, -0.25) is 0 Å². The molecule has 0 saturated carbocycles. The lowest BCUT2D eigenvalue weighted by molar-refractivity contribution is 0.493. The van der Waals surface area contributed by atoms with E-state index in [0.717, 1.165) is 19.5 Å². The largest absolute Gasteiger partial charge is 0.326 e. The molecule has 2 heteroatoms. The molecule has 0 heterocycles. The van der Waals surface area contributed by atoms with Crippen molar-refractivity contribution < 1.29 is 0 Å². The van der Waals surface area contributed by atoms with Gasteiger partial charge in [0.05, 0.1) is 0 Å². The van der Waals surface area contributed by atoms with Gasteiger partial charge in [0.25, 0.3) is 0 Å². The molecule has 0 aliphatic rings. The maximum atomic E-state index is 5.83. The van der Waals surface area contributed by atoms with Crippen molar-refractivity contribution in [2.24, 2.45) is 11.7 Å². The molecule has 0 aromatic carbocycles. The van der Waals surface area contributed by atoms with Crippen LogP contribution in [0.2, 0.25) is 0 Å². The van der Waals surface area contributed by atoms with Gasteiger partial charge < -0.3 is 11.1 Å². The lowest BCUT2D eigenvalue weighted by Crippen LogP contribution is -2.38. The Morgan fingerprint density at radius 2 is 2.27 bits per heavy atom. The summed E-state index contributed by atoms with van der Waals surface area (Å²) in [5.41, 5.74) is 5.83. The molecule has 0 fully saturated rings. The minimum atomic E-state index is 0.207. The van der Waals surface area contributed by atoms with E-state index in [4.69, 9.17) is 5.73 Å². The van der Waals surface area contributed by atoms with Crippen molar-refractivity contribution in [3.05, 3.63) is 12.7 Å². The Hall–Kier alpha value is -0.340. The molecule has 0 amide bonds. The van der Waals surface area contributed by atoms with E-state index in [1.807, 2.05) is 6.08 Å². The van der Waals surface area contributed by atoms with Gasteiger partial charge in [-0.25, -0.2) is 0 Å². The summed E-state index contributed by atoms with van der Waals surface area (Å²) in [5, 5.41) is 3.28. The lowest BCUT2D eigenvalue weighted by atomic mass is 10.0. The van der Waals surface area contributed by atoms with Gasteiger partial charge in [-0.1, -0.05) is 19.9 Å². The summed E-state index contributed by atoms with van der Waals surface area (Å²) in [6.07, 6.45) is 3.06. The van der Waals surface area contributed by atoms with Crippen LogP contribution in [0.1, 0.15) is 20.3 Å². The molecule has 66 valence electrons. The summed E-state index contributed by atoms with van der Waals surface area (Å²) in [6, 6.07) is 0.207. The average Bonchev–Trinajstić information content (AvgIpc) is 2.03. The second kappa shape index (κ2) is 6.38. The van der Waals surface area contributed by atoms with Crippen LogP contribution in [0.3, 0.4) is 0 Å². The minimum Gasteiger partial charge on any atom is -0.326 e. The van der Waals surface area contributed by atoms with E-state index in [2.05, 4.69) is 25.7 Å². The summed E-state index contributed by atoms with van der Waals surface area (Å²) in [4.78, 5) is 0. The Labute approximate surface area is 69.9 Å². The standard InChI is InChI=1S/C9H20N2/c1-4-6-11-7-9(10)8(3)5-2/h5,8-9,11H,2,4,6-7,10H2,1,3H3/t8?,9-/m0/s1. The summed E-state index contributed by atoms with van der Waals surface area (Å²) in [7, 11) is 0. The molecule has 0 spiro atoms. The van der Waals surface area contributed by atoms with Crippen LogP contribution in [-0.4, -0.2) is 19.1 Å². The summed E-state index contributed by atoms with van der Waals surface area (Å²) >= 11 is 0. The first-order valence-electron chi connectivity index (χ1n) is 4.31. The number of nitrogens with one attached hydrogen (secondary N) is 1. The Morgan fingerprint density at radius 3 is 2.73 bits per heavy atom. The lowest BCUT2D eigenvalue weighted by Gasteiger charge is -2.16. The maximum Gasteiger partial charge on any atom is 0.0226 e. The van der Waals surface area contributed by atoms with E-state index < -0.39 is 0 Å². The topological polar surface area (TPSA) is 38.0 Å². The van der Waals surface area contributed by atoms with Gasteiger partial charge >= 0.3 is 0 Å². The fourth-order valence-corrected chi connectivity index (χ4v) is 0.806. The van der Waals surface area contributed by atoms with Gasteiger partial charge in [0, 0.05) is 12.6 Å². The van der Waals surface area contributed by atoms with Crippen LogP contribution < -0.4 is 11.1 Å². The Kier molecular flexibility index (Phi) is 6.18. The van der Waals surface area contributed by atoms with E-state index in [1.165, 1.54) is 0 Å². The first-order valence-corrected chi connectivity index (χ1v) is 4.31. The summed E-state index contributed by atoms with van der Waals surface area (Å²) in [6.45, 7) is 9.88. The van der Waals surface area contributed by atoms with Crippen molar-refractivity contribution in [3.63, 3.8) is 0 Å². The van der Waals surface area contributed by atoms with Crippen molar-refractivity contribution >= 4 is 0 Å². The van der Waals surface area contributed by atoms with Crippen LogP contribution in [0.25, 0.3) is 0 Å². The quantitative estimate of drug-likeness (QED) is 0.447. The Morgan fingerprint density at radius 1 is 1.64 bits per heavy atom. The summed E-state index contributed by atoms with van der Waals surface area (Å²) < 4.78 is 0.